The van der Waals surface area contributed by atoms with Crippen LogP contribution >= 0.6 is 35.2 Å². The molecule has 2 aromatic heterocycles. The van der Waals surface area contributed by atoms with E-state index in [9.17, 15) is 0 Å². The van der Waals surface area contributed by atoms with Crippen molar-refractivity contribution in [3.05, 3.63) is 51.5 Å². The molecule has 0 saturated heterocycles. The molecule has 0 aliphatic carbocycles. The molecule has 3 aromatic rings. The van der Waals surface area contributed by atoms with E-state index in [-0.39, 0.29) is 0 Å². The van der Waals surface area contributed by atoms with Gasteiger partial charge in [0.25, 0.3) is 0 Å². The summed E-state index contributed by atoms with van der Waals surface area (Å²) in [6.45, 7) is 0. The van der Waals surface area contributed by atoms with Crippen LogP contribution in [0.4, 0.5) is 0 Å². The molecule has 5 nitrogen and oxygen atoms in total. The number of aromatic nitrogens is 4. The van der Waals surface area contributed by atoms with E-state index in [4.69, 9.17) is 23.8 Å². The lowest BCUT2D eigenvalue weighted by molar-refractivity contribution is 0.862. The van der Waals surface area contributed by atoms with Crippen molar-refractivity contribution in [3.8, 4) is 10.6 Å². The minimum absolute atomic E-state index is 0.439. The van der Waals surface area contributed by atoms with Crippen LogP contribution in [0.5, 0.6) is 0 Å². The van der Waals surface area contributed by atoms with E-state index in [1.54, 1.807) is 17.6 Å². The van der Waals surface area contributed by atoms with Gasteiger partial charge in [-0.15, -0.1) is 11.3 Å². The first-order valence-corrected chi connectivity index (χ1v) is 7.27. The van der Waals surface area contributed by atoms with Crippen LogP contribution in [0.2, 0.25) is 5.02 Å². The molecule has 0 spiro atoms. The summed E-state index contributed by atoms with van der Waals surface area (Å²) in [5.41, 5.74) is 1.79. The molecule has 0 saturated carbocycles. The van der Waals surface area contributed by atoms with Crippen molar-refractivity contribution in [1.29, 1.82) is 0 Å². The Labute approximate surface area is 128 Å². The molecule has 2 heterocycles. The van der Waals surface area contributed by atoms with Crippen LogP contribution in [0.3, 0.4) is 0 Å². The molecular weight excluding hydrogens is 314 g/mol. The van der Waals surface area contributed by atoms with Crippen LogP contribution in [0, 0.1) is 4.77 Å². The molecule has 1 N–H and O–H groups in total. The van der Waals surface area contributed by atoms with Gasteiger partial charge in [0, 0.05) is 16.0 Å². The van der Waals surface area contributed by atoms with E-state index in [0.717, 1.165) is 16.3 Å². The summed E-state index contributed by atoms with van der Waals surface area (Å²) in [5.74, 6) is 0. The van der Waals surface area contributed by atoms with Gasteiger partial charge in [-0.05, 0) is 24.4 Å². The average molecular weight is 322 g/mol. The van der Waals surface area contributed by atoms with Gasteiger partial charge in [-0.2, -0.15) is 14.9 Å². The van der Waals surface area contributed by atoms with E-state index in [2.05, 4.69) is 20.3 Å². The van der Waals surface area contributed by atoms with Crippen LogP contribution in [-0.2, 0) is 0 Å². The van der Waals surface area contributed by atoms with Crippen molar-refractivity contribution in [3.63, 3.8) is 0 Å². The number of nitrogens with one attached hydrogen (secondary N) is 1. The first kappa shape index (κ1) is 13.2. The summed E-state index contributed by atoms with van der Waals surface area (Å²) in [7, 11) is 0. The third-order valence-electron chi connectivity index (χ3n) is 2.46. The van der Waals surface area contributed by atoms with Crippen molar-refractivity contribution < 1.29 is 0 Å². The van der Waals surface area contributed by atoms with Crippen LogP contribution in [0.25, 0.3) is 10.6 Å². The molecule has 0 bridgehead atoms. The Morgan fingerprint density at radius 2 is 2.15 bits per heavy atom. The van der Waals surface area contributed by atoms with Gasteiger partial charge in [0.05, 0.1) is 11.9 Å². The van der Waals surface area contributed by atoms with Gasteiger partial charge in [0.2, 0.25) is 4.77 Å². The van der Waals surface area contributed by atoms with Crippen molar-refractivity contribution >= 4 is 41.4 Å². The van der Waals surface area contributed by atoms with E-state index in [1.807, 2.05) is 29.6 Å². The number of hydrogen-bond donors (Lipinski definition) is 1. The van der Waals surface area contributed by atoms with Crippen molar-refractivity contribution in [2.75, 3.05) is 0 Å². The summed E-state index contributed by atoms with van der Waals surface area (Å²) in [6.07, 6.45) is 3.15. The smallest absolute Gasteiger partial charge is 0.216 e. The highest BCUT2D eigenvalue weighted by Gasteiger charge is 2.03. The number of rotatable bonds is 3. The molecular formula is C12H8ClN5S2. The topological polar surface area (TPSA) is 58.9 Å². The second-order valence-electron chi connectivity index (χ2n) is 3.84. The van der Waals surface area contributed by atoms with E-state index in [0.29, 0.717) is 9.79 Å². The molecule has 1 aromatic carbocycles. The summed E-state index contributed by atoms with van der Waals surface area (Å²) < 4.78 is 1.91. The number of hydrogen-bond acceptors (Lipinski definition) is 5. The summed E-state index contributed by atoms with van der Waals surface area (Å²) >= 11 is 12.4. The minimum Gasteiger partial charge on any atom is -0.250 e. The number of nitrogens with zero attached hydrogens (tertiary/aromatic N) is 4. The number of H-pyrrole nitrogens is 1. The molecule has 0 amide bonds. The van der Waals surface area contributed by atoms with Gasteiger partial charge in [0.1, 0.15) is 11.3 Å². The van der Waals surface area contributed by atoms with Crippen molar-refractivity contribution in [1.82, 2.24) is 19.9 Å². The first-order valence-electron chi connectivity index (χ1n) is 5.60. The summed E-state index contributed by atoms with van der Waals surface area (Å²) in [5, 5.41) is 14.1. The maximum absolute atomic E-state index is 5.87. The zero-order chi connectivity index (χ0) is 13.9. The lowest BCUT2D eigenvalue weighted by atomic mass is 10.2. The van der Waals surface area contributed by atoms with E-state index >= 15 is 0 Å². The van der Waals surface area contributed by atoms with Gasteiger partial charge < -0.3 is 0 Å². The number of thiazole rings is 1. The van der Waals surface area contributed by atoms with Gasteiger partial charge in [0.15, 0.2) is 0 Å². The minimum atomic E-state index is 0.439. The van der Waals surface area contributed by atoms with Crippen LogP contribution in [0.15, 0.2) is 41.1 Å². The predicted octanol–water partition coefficient (Wildman–Crippen LogP) is 3.60. The molecule has 0 aliphatic rings. The van der Waals surface area contributed by atoms with Gasteiger partial charge in [-0.25, -0.2) is 4.98 Å². The van der Waals surface area contributed by atoms with Gasteiger partial charge in [-0.3, -0.25) is 5.10 Å². The Hall–Kier alpha value is -1.83. The number of benzene rings is 1. The first-order chi connectivity index (χ1) is 9.72. The number of halogens is 1. The maximum atomic E-state index is 5.87. The standard InChI is InChI=1S/C12H8ClN5S2/c13-9-3-1-8(2-4-9)11-16-10(6-20-11)5-15-18-7-14-17-12(18)19/h1-7H,(H,17,19)/b15-5-. The Kier molecular flexibility index (Phi) is 3.72. The largest absolute Gasteiger partial charge is 0.250 e. The van der Waals surface area contributed by atoms with Crippen molar-refractivity contribution in [2.24, 2.45) is 5.10 Å². The lowest BCUT2D eigenvalue weighted by Gasteiger charge is -1.95. The average Bonchev–Trinajstić information content (AvgIpc) is 3.06. The zero-order valence-corrected chi connectivity index (χ0v) is 12.4. The third-order valence-corrected chi connectivity index (χ3v) is 3.90. The molecule has 0 aliphatic heterocycles. The normalized spacial score (nSPS) is 11.2. The summed E-state index contributed by atoms with van der Waals surface area (Å²) in [6, 6.07) is 7.57. The zero-order valence-electron chi connectivity index (χ0n) is 10.0. The maximum Gasteiger partial charge on any atom is 0.216 e. The van der Waals surface area contributed by atoms with Gasteiger partial charge >= 0.3 is 0 Å². The Bertz CT molecular complexity index is 800. The molecule has 3 rings (SSSR count). The third kappa shape index (κ3) is 2.84. The predicted molar refractivity (Wildman–Crippen MR) is 83.0 cm³/mol. The highest BCUT2D eigenvalue weighted by Crippen LogP contribution is 2.24. The fourth-order valence-electron chi connectivity index (χ4n) is 1.52. The highest BCUT2D eigenvalue weighted by atomic mass is 35.5. The Morgan fingerprint density at radius 3 is 2.85 bits per heavy atom. The van der Waals surface area contributed by atoms with E-state index < -0.39 is 0 Å². The molecule has 20 heavy (non-hydrogen) atoms. The molecule has 100 valence electrons. The molecule has 0 unspecified atom stereocenters. The van der Waals surface area contributed by atoms with Crippen LogP contribution in [0.1, 0.15) is 5.69 Å². The lowest BCUT2D eigenvalue weighted by Crippen LogP contribution is -1.89. The fourth-order valence-corrected chi connectivity index (χ4v) is 2.57. The van der Waals surface area contributed by atoms with Crippen LogP contribution in [-0.4, -0.2) is 26.1 Å². The van der Waals surface area contributed by atoms with E-state index in [1.165, 1.54) is 11.0 Å². The Balaban J connectivity index is 1.84. The quantitative estimate of drug-likeness (QED) is 0.592. The van der Waals surface area contributed by atoms with Crippen LogP contribution < -0.4 is 0 Å². The summed E-state index contributed by atoms with van der Waals surface area (Å²) in [4.78, 5) is 4.49. The molecule has 0 fully saturated rings. The SMILES string of the molecule is S=c1[nH]ncn1/N=C\c1csc(-c2ccc(Cl)cc2)n1. The highest BCUT2D eigenvalue weighted by molar-refractivity contribution is 7.71. The number of aromatic amines is 1. The second kappa shape index (κ2) is 5.66. The second-order valence-corrected chi connectivity index (χ2v) is 5.52. The monoisotopic (exact) mass is 321 g/mol. The van der Waals surface area contributed by atoms with Crippen molar-refractivity contribution in [2.45, 2.75) is 0 Å². The van der Waals surface area contributed by atoms with Gasteiger partial charge in [-0.1, -0.05) is 23.7 Å². The fraction of sp³-hybridized carbons (Fsp3) is 0. The molecule has 0 atom stereocenters. The molecule has 8 heteroatoms. The Morgan fingerprint density at radius 1 is 1.35 bits per heavy atom. The molecule has 0 radical (unpaired) electrons.